The minimum Gasteiger partial charge on any atom is -0.341 e. The van der Waals surface area contributed by atoms with E-state index in [0.717, 1.165) is 41.1 Å². The lowest BCUT2D eigenvalue weighted by atomic mass is 10.0. The van der Waals surface area contributed by atoms with Crippen LogP contribution in [0.1, 0.15) is 25.5 Å². The number of para-hydroxylation sites is 1. The van der Waals surface area contributed by atoms with Gasteiger partial charge >= 0.3 is 5.69 Å². The summed E-state index contributed by atoms with van der Waals surface area (Å²) in [6.45, 7) is 3.52. The Hall–Kier alpha value is -4.42. The third kappa shape index (κ3) is 3.85. The number of piperidine rings is 1. The number of rotatable bonds is 4. The van der Waals surface area contributed by atoms with Gasteiger partial charge < -0.3 is 10.6 Å². The van der Waals surface area contributed by atoms with E-state index in [-0.39, 0.29) is 12.6 Å². The molecule has 9 heteroatoms. The number of pyridine rings is 1. The summed E-state index contributed by atoms with van der Waals surface area (Å²) in [5.41, 5.74) is 7.60. The molecule has 2 N–H and O–H groups in total. The number of hydrogen-bond donors (Lipinski definition) is 1. The Kier molecular flexibility index (Phi) is 5.97. The fourth-order valence-corrected chi connectivity index (χ4v) is 5.48. The van der Waals surface area contributed by atoms with E-state index in [0.29, 0.717) is 35.9 Å². The smallest absolute Gasteiger partial charge is 0.332 e. The SMILES string of the molecule is CC#CCn1c(N2CCC[C@@H](N)C2)nc2c1c(=O)n(Cc1nc3ccccc3c3ccccc13)c(=O)n2C. The largest absolute Gasteiger partial charge is 0.341 e. The summed E-state index contributed by atoms with van der Waals surface area (Å²) in [4.78, 5) is 39.3. The van der Waals surface area contributed by atoms with Crippen molar-refractivity contribution in [3.63, 3.8) is 0 Å². The lowest BCUT2D eigenvalue weighted by Gasteiger charge is -2.31. The first-order valence-corrected chi connectivity index (χ1v) is 12.8. The number of aryl methyl sites for hydroxylation is 1. The highest BCUT2D eigenvalue weighted by atomic mass is 16.2. The molecule has 0 aliphatic carbocycles. The monoisotopic (exact) mass is 507 g/mol. The summed E-state index contributed by atoms with van der Waals surface area (Å²) < 4.78 is 4.53. The second-order valence-corrected chi connectivity index (χ2v) is 9.80. The van der Waals surface area contributed by atoms with Crippen molar-refractivity contribution in [3.05, 3.63) is 75.1 Å². The zero-order valence-corrected chi connectivity index (χ0v) is 21.5. The van der Waals surface area contributed by atoms with E-state index in [4.69, 9.17) is 15.7 Å². The molecule has 0 radical (unpaired) electrons. The van der Waals surface area contributed by atoms with E-state index in [1.54, 1.807) is 14.0 Å². The van der Waals surface area contributed by atoms with Gasteiger partial charge in [0, 0.05) is 37.0 Å². The van der Waals surface area contributed by atoms with Crippen molar-refractivity contribution >= 4 is 38.8 Å². The molecule has 0 saturated carbocycles. The number of nitrogens with zero attached hydrogens (tertiary/aromatic N) is 6. The van der Waals surface area contributed by atoms with E-state index < -0.39 is 11.2 Å². The third-order valence-electron chi connectivity index (χ3n) is 7.36. The normalized spacial score (nSPS) is 15.8. The topological polar surface area (TPSA) is 104 Å². The Morgan fingerprint density at radius 1 is 1.00 bits per heavy atom. The van der Waals surface area contributed by atoms with Gasteiger partial charge in [-0.05, 0) is 31.2 Å². The number of anilines is 1. The van der Waals surface area contributed by atoms with Crippen LogP contribution in [0.25, 0.3) is 32.8 Å². The van der Waals surface area contributed by atoms with Crippen LogP contribution in [0.2, 0.25) is 0 Å². The van der Waals surface area contributed by atoms with Crippen molar-refractivity contribution in [2.24, 2.45) is 12.8 Å². The number of imidazole rings is 1. The minimum atomic E-state index is -0.435. The predicted molar refractivity (Wildman–Crippen MR) is 150 cm³/mol. The van der Waals surface area contributed by atoms with Crippen LogP contribution in [0.3, 0.4) is 0 Å². The van der Waals surface area contributed by atoms with Gasteiger partial charge in [0.15, 0.2) is 11.2 Å². The Morgan fingerprint density at radius 3 is 2.50 bits per heavy atom. The van der Waals surface area contributed by atoms with Crippen molar-refractivity contribution in [1.29, 1.82) is 0 Å². The van der Waals surface area contributed by atoms with E-state index in [9.17, 15) is 9.59 Å². The predicted octanol–water partition coefficient (Wildman–Crippen LogP) is 2.60. The molecule has 0 unspecified atom stereocenters. The third-order valence-corrected chi connectivity index (χ3v) is 7.36. The summed E-state index contributed by atoms with van der Waals surface area (Å²) in [6, 6.07) is 15.9. The second kappa shape index (κ2) is 9.47. The quantitative estimate of drug-likeness (QED) is 0.296. The maximum atomic E-state index is 14.0. The molecule has 6 rings (SSSR count). The molecule has 1 aliphatic rings. The van der Waals surface area contributed by atoms with Gasteiger partial charge in [-0.1, -0.05) is 48.4 Å². The van der Waals surface area contributed by atoms with Crippen LogP contribution in [-0.2, 0) is 20.1 Å². The molecule has 192 valence electrons. The van der Waals surface area contributed by atoms with E-state index in [1.807, 2.05) is 53.1 Å². The molecule has 1 atom stereocenters. The highest BCUT2D eigenvalue weighted by Crippen LogP contribution is 2.27. The highest BCUT2D eigenvalue weighted by Gasteiger charge is 2.26. The maximum Gasteiger partial charge on any atom is 0.332 e. The Labute approximate surface area is 219 Å². The van der Waals surface area contributed by atoms with Crippen molar-refractivity contribution in [2.45, 2.75) is 38.9 Å². The molecule has 0 spiro atoms. The van der Waals surface area contributed by atoms with Crippen LogP contribution < -0.4 is 21.9 Å². The van der Waals surface area contributed by atoms with Crippen LogP contribution in [0.15, 0.2) is 58.1 Å². The van der Waals surface area contributed by atoms with E-state index in [2.05, 4.69) is 16.7 Å². The molecule has 2 aromatic carbocycles. The molecule has 38 heavy (non-hydrogen) atoms. The summed E-state index contributed by atoms with van der Waals surface area (Å²) in [6.07, 6.45) is 1.89. The first-order valence-electron chi connectivity index (χ1n) is 12.8. The molecular formula is C29H29N7O2. The number of aromatic nitrogens is 5. The first kappa shape index (κ1) is 23.9. The summed E-state index contributed by atoms with van der Waals surface area (Å²) in [7, 11) is 1.65. The van der Waals surface area contributed by atoms with Gasteiger partial charge in [0.05, 0.1) is 24.3 Å². The van der Waals surface area contributed by atoms with Gasteiger partial charge in [-0.15, -0.1) is 5.92 Å². The van der Waals surface area contributed by atoms with Crippen molar-refractivity contribution < 1.29 is 0 Å². The highest BCUT2D eigenvalue weighted by molar-refractivity contribution is 6.06. The molecule has 5 aromatic rings. The zero-order chi connectivity index (χ0) is 26.4. The van der Waals surface area contributed by atoms with E-state index >= 15 is 0 Å². The van der Waals surface area contributed by atoms with Crippen LogP contribution in [-0.4, -0.2) is 42.8 Å². The second-order valence-electron chi connectivity index (χ2n) is 9.80. The van der Waals surface area contributed by atoms with Gasteiger partial charge in [-0.3, -0.25) is 23.5 Å². The molecule has 4 heterocycles. The fraction of sp³-hybridized carbons (Fsp3) is 0.310. The van der Waals surface area contributed by atoms with Gasteiger partial charge in [0.1, 0.15) is 0 Å². The molecular weight excluding hydrogens is 478 g/mol. The van der Waals surface area contributed by atoms with Crippen molar-refractivity contribution in [1.82, 2.24) is 23.7 Å². The Bertz CT molecular complexity index is 1890. The number of fused-ring (bicyclic) bond motifs is 4. The molecule has 1 saturated heterocycles. The van der Waals surface area contributed by atoms with Gasteiger partial charge in [-0.2, -0.15) is 4.98 Å². The molecule has 3 aromatic heterocycles. The van der Waals surface area contributed by atoms with E-state index in [1.165, 1.54) is 9.13 Å². The van der Waals surface area contributed by atoms with Gasteiger partial charge in [0.2, 0.25) is 5.95 Å². The van der Waals surface area contributed by atoms with Crippen LogP contribution in [0, 0.1) is 11.8 Å². The summed E-state index contributed by atoms with van der Waals surface area (Å²) >= 11 is 0. The fourth-order valence-electron chi connectivity index (χ4n) is 5.48. The number of nitrogens with two attached hydrogens (primary N) is 1. The molecule has 1 fully saturated rings. The Morgan fingerprint density at radius 2 is 1.74 bits per heavy atom. The number of benzene rings is 2. The average Bonchev–Trinajstić information content (AvgIpc) is 3.33. The number of hydrogen-bond acceptors (Lipinski definition) is 6. The van der Waals surface area contributed by atoms with Crippen LogP contribution in [0.5, 0.6) is 0 Å². The zero-order valence-electron chi connectivity index (χ0n) is 21.5. The minimum absolute atomic E-state index is 0.0296. The van der Waals surface area contributed by atoms with Crippen molar-refractivity contribution in [2.75, 3.05) is 18.0 Å². The lowest BCUT2D eigenvalue weighted by Crippen LogP contribution is -2.44. The molecule has 0 amide bonds. The van der Waals surface area contributed by atoms with Crippen LogP contribution >= 0.6 is 0 Å². The first-order chi connectivity index (χ1) is 18.5. The average molecular weight is 508 g/mol. The molecule has 1 aliphatic heterocycles. The van der Waals surface area contributed by atoms with Crippen molar-refractivity contribution in [3.8, 4) is 11.8 Å². The van der Waals surface area contributed by atoms with Gasteiger partial charge in [0.25, 0.3) is 5.56 Å². The summed E-state index contributed by atoms with van der Waals surface area (Å²) in [5.74, 6) is 6.62. The summed E-state index contributed by atoms with van der Waals surface area (Å²) in [5, 5.41) is 2.97. The standard InChI is InChI=1S/C29H29N7O2/c1-3-4-16-35-25-26(32-28(35)34-15-9-10-19(30)17-34)33(2)29(38)36(27(25)37)18-24-22-13-6-5-11-20(22)21-12-7-8-14-23(21)31-24/h5-8,11-14,19H,9-10,15-18,30H2,1-2H3/t19-/m1/s1. The molecule has 9 nitrogen and oxygen atoms in total. The van der Waals surface area contributed by atoms with Crippen LogP contribution in [0.4, 0.5) is 5.95 Å². The lowest BCUT2D eigenvalue weighted by molar-refractivity contribution is 0.496. The van der Waals surface area contributed by atoms with Gasteiger partial charge in [-0.25, -0.2) is 4.79 Å². The molecule has 0 bridgehead atoms. The maximum absolute atomic E-state index is 14.0. The Balaban J connectivity index is 1.58.